The molecule has 1 unspecified atom stereocenters. The van der Waals surface area contributed by atoms with Crippen LogP contribution in [-0.4, -0.2) is 35.2 Å². The van der Waals surface area contributed by atoms with Crippen molar-refractivity contribution in [1.82, 2.24) is 4.98 Å². The highest BCUT2D eigenvalue weighted by molar-refractivity contribution is 6.30. The molecule has 1 heterocycles. The highest BCUT2D eigenvalue weighted by atomic mass is 35.5. The number of ketones is 1. The van der Waals surface area contributed by atoms with Crippen molar-refractivity contribution in [3.05, 3.63) is 75.7 Å². The molecule has 0 bridgehead atoms. The number of carbonyl (C=O) groups excluding carboxylic acids is 1. The Balaban J connectivity index is 1.76. The minimum Gasteiger partial charge on any atom is -0.441 e. The standard InChI is InChI=1S/C26H30ClNO4/c1-16(2)25-22(28-26(32-25)21-9-8-20(27)15-17(21)3)10-11-23(30)19-6-5-7-24(18(4)14-19)31-13-12-29/h5-9,14-16,24,29H,10-13H2,1-4H3. The van der Waals surface area contributed by atoms with Gasteiger partial charge in [0.25, 0.3) is 0 Å². The van der Waals surface area contributed by atoms with Crippen LogP contribution in [0, 0.1) is 6.92 Å². The average molecular weight is 456 g/mol. The third kappa shape index (κ3) is 5.85. The lowest BCUT2D eigenvalue weighted by molar-refractivity contribution is -0.115. The molecule has 1 aliphatic rings. The van der Waals surface area contributed by atoms with Crippen LogP contribution in [0.1, 0.15) is 50.1 Å². The maximum absolute atomic E-state index is 12.9. The van der Waals surface area contributed by atoms with E-state index in [1.807, 2.05) is 56.4 Å². The first-order valence-corrected chi connectivity index (χ1v) is 11.3. The second kappa shape index (κ2) is 10.9. The average Bonchev–Trinajstić information content (AvgIpc) is 3.08. The fourth-order valence-corrected chi connectivity index (χ4v) is 3.91. The monoisotopic (exact) mass is 455 g/mol. The molecule has 3 rings (SSSR count). The Bertz CT molecular complexity index is 1060. The van der Waals surface area contributed by atoms with Crippen molar-refractivity contribution in [3.8, 4) is 11.5 Å². The maximum Gasteiger partial charge on any atom is 0.226 e. The molecule has 0 aliphatic heterocycles. The van der Waals surface area contributed by atoms with Crippen molar-refractivity contribution in [2.75, 3.05) is 13.2 Å². The molecular weight excluding hydrogens is 426 g/mol. The first-order valence-electron chi connectivity index (χ1n) is 10.9. The molecule has 1 atom stereocenters. The van der Waals surface area contributed by atoms with Crippen molar-refractivity contribution in [1.29, 1.82) is 0 Å². The van der Waals surface area contributed by atoms with E-state index in [2.05, 4.69) is 13.8 Å². The molecule has 170 valence electrons. The van der Waals surface area contributed by atoms with Gasteiger partial charge in [0.05, 0.1) is 25.0 Å². The molecule has 0 saturated heterocycles. The number of ether oxygens (including phenoxy) is 1. The molecule has 1 aromatic carbocycles. The SMILES string of the molecule is CC1=CC(C(=O)CCc2nc(-c3ccc(Cl)cc3C)oc2C(C)C)=CC=CC1OCCO. The molecule has 0 radical (unpaired) electrons. The van der Waals surface area contributed by atoms with Gasteiger partial charge < -0.3 is 14.3 Å². The van der Waals surface area contributed by atoms with Gasteiger partial charge in [0, 0.05) is 34.9 Å². The summed E-state index contributed by atoms with van der Waals surface area (Å²) in [6, 6.07) is 5.62. The van der Waals surface area contributed by atoms with E-state index in [0.717, 1.165) is 28.2 Å². The molecular formula is C26H30ClNO4. The third-order valence-corrected chi connectivity index (χ3v) is 5.60. The van der Waals surface area contributed by atoms with Gasteiger partial charge in [-0.05, 0) is 49.3 Å². The number of nitrogens with zero attached hydrogens (tertiary/aromatic N) is 1. The molecule has 5 nitrogen and oxygen atoms in total. The van der Waals surface area contributed by atoms with Crippen LogP contribution < -0.4 is 0 Å². The number of allylic oxidation sites excluding steroid dienone is 4. The molecule has 1 aromatic heterocycles. The number of halogens is 1. The van der Waals surface area contributed by atoms with Crippen LogP contribution in [0.25, 0.3) is 11.5 Å². The van der Waals surface area contributed by atoms with Gasteiger partial charge in [0.1, 0.15) is 5.76 Å². The van der Waals surface area contributed by atoms with Crippen LogP contribution in [-0.2, 0) is 16.0 Å². The summed E-state index contributed by atoms with van der Waals surface area (Å²) in [5.74, 6) is 1.56. The normalized spacial score (nSPS) is 16.2. The Morgan fingerprint density at radius 1 is 1.31 bits per heavy atom. The smallest absolute Gasteiger partial charge is 0.226 e. The van der Waals surface area contributed by atoms with Crippen LogP contribution in [0.4, 0.5) is 0 Å². The first-order chi connectivity index (χ1) is 15.3. The minimum absolute atomic E-state index is 0.0374. The van der Waals surface area contributed by atoms with Crippen LogP contribution in [0.15, 0.2) is 58.1 Å². The quantitative estimate of drug-likeness (QED) is 0.521. The van der Waals surface area contributed by atoms with E-state index in [1.54, 1.807) is 0 Å². The van der Waals surface area contributed by atoms with Gasteiger partial charge in [-0.15, -0.1) is 0 Å². The predicted octanol–water partition coefficient (Wildman–Crippen LogP) is 5.75. The predicted molar refractivity (Wildman–Crippen MR) is 127 cm³/mol. The number of Topliss-reactive ketones (excluding diaryl/α,β-unsaturated/α-hetero) is 1. The Labute approximate surface area is 194 Å². The van der Waals surface area contributed by atoms with Crippen molar-refractivity contribution in [3.63, 3.8) is 0 Å². The van der Waals surface area contributed by atoms with Gasteiger partial charge in [0.2, 0.25) is 5.89 Å². The fraction of sp³-hybridized carbons (Fsp3) is 0.385. The number of hydrogen-bond acceptors (Lipinski definition) is 5. The van der Waals surface area contributed by atoms with Gasteiger partial charge in [-0.3, -0.25) is 4.79 Å². The van der Waals surface area contributed by atoms with Crippen molar-refractivity contribution < 1.29 is 19.1 Å². The zero-order chi connectivity index (χ0) is 23.3. The van der Waals surface area contributed by atoms with Crippen molar-refractivity contribution in [2.45, 2.75) is 52.6 Å². The molecule has 2 aromatic rings. The summed E-state index contributed by atoms with van der Waals surface area (Å²) in [5, 5.41) is 9.65. The van der Waals surface area contributed by atoms with E-state index in [1.165, 1.54) is 0 Å². The number of aryl methyl sites for hydroxylation is 2. The fourth-order valence-electron chi connectivity index (χ4n) is 3.68. The highest BCUT2D eigenvalue weighted by Gasteiger charge is 2.20. The molecule has 6 heteroatoms. The number of benzene rings is 1. The summed E-state index contributed by atoms with van der Waals surface area (Å²) >= 11 is 6.08. The molecule has 0 amide bonds. The van der Waals surface area contributed by atoms with E-state index in [4.69, 9.17) is 30.8 Å². The van der Waals surface area contributed by atoms with Gasteiger partial charge >= 0.3 is 0 Å². The first kappa shape index (κ1) is 24.2. The van der Waals surface area contributed by atoms with E-state index >= 15 is 0 Å². The zero-order valence-electron chi connectivity index (χ0n) is 19.0. The molecule has 0 fully saturated rings. The summed E-state index contributed by atoms with van der Waals surface area (Å²) in [4.78, 5) is 17.7. The van der Waals surface area contributed by atoms with Crippen LogP contribution in [0.2, 0.25) is 5.02 Å². The van der Waals surface area contributed by atoms with Crippen LogP contribution in [0.3, 0.4) is 0 Å². The number of carbonyl (C=O) groups is 1. The zero-order valence-corrected chi connectivity index (χ0v) is 19.8. The Hall–Kier alpha value is -2.47. The molecule has 1 aliphatic carbocycles. The van der Waals surface area contributed by atoms with Crippen molar-refractivity contribution >= 4 is 17.4 Å². The summed E-state index contributed by atoms with van der Waals surface area (Å²) in [7, 11) is 0. The molecule has 32 heavy (non-hydrogen) atoms. The van der Waals surface area contributed by atoms with Crippen LogP contribution in [0.5, 0.6) is 0 Å². The Kier molecular flexibility index (Phi) is 8.24. The number of aliphatic hydroxyl groups is 1. The number of hydrogen-bond donors (Lipinski definition) is 1. The number of aliphatic hydroxyl groups excluding tert-OH is 1. The van der Waals surface area contributed by atoms with E-state index in [-0.39, 0.29) is 31.0 Å². The van der Waals surface area contributed by atoms with Gasteiger partial charge in [-0.2, -0.15) is 0 Å². The van der Waals surface area contributed by atoms with Gasteiger partial charge in [-0.1, -0.05) is 43.7 Å². The van der Waals surface area contributed by atoms with E-state index in [0.29, 0.717) is 29.3 Å². The second-order valence-corrected chi connectivity index (χ2v) is 8.71. The largest absolute Gasteiger partial charge is 0.441 e. The molecule has 0 saturated carbocycles. The molecule has 0 spiro atoms. The highest BCUT2D eigenvalue weighted by Crippen LogP contribution is 2.31. The lowest BCUT2D eigenvalue weighted by Crippen LogP contribution is -2.14. The molecule has 1 N–H and O–H groups in total. The summed E-state index contributed by atoms with van der Waals surface area (Å²) in [6.45, 7) is 8.23. The topological polar surface area (TPSA) is 72.6 Å². The Morgan fingerprint density at radius 2 is 2.09 bits per heavy atom. The lowest BCUT2D eigenvalue weighted by atomic mass is 10.0. The third-order valence-electron chi connectivity index (χ3n) is 5.36. The maximum atomic E-state index is 12.9. The summed E-state index contributed by atoms with van der Waals surface area (Å²) in [6.07, 6.45) is 7.98. The number of aromatic nitrogens is 1. The summed E-state index contributed by atoms with van der Waals surface area (Å²) in [5.41, 5.74) is 4.27. The van der Waals surface area contributed by atoms with Gasteiger partial charge in [-0.25, -0.2) is 4.98 Å². The van der Waals surface area contributed by atoms with Crippen LogP contribution >= 0.6 is 11.6 Å². The minimum atomic E-state index is -0.239. The number of rotatable bonds is 9. The summed E-state index contributed by atoms with van der Waals surface area (Å²) < 4.78 is 11.7. The number of oxazole rings is 1. The Morgan fingerprint density at radius 3 is 2.78 bits per heavy atom. The second-order valence-electron chi connectivity index (χ2n) is 8.28. The lowest BCUT2D eigenvalue weighted by Gasteiger charge is -2.13. The van der Waals surface area contributed by atoms with E-state index < -0.39 is 0 Å². The van der Waals surface area contributed by atoms with E-state index in [9.17, 15) is 4.79 Å². The van der Waals surface area contributed by atoms with Crippen molar-refractivity contribution in [2.24, 2.45) is 0 Å². The van der Waals surface area contributed by atoms with Gasteiger partial charge in [0.15, 0.2) is 5.78 Å².